The Kier molecular flexibility index (Phi) is 5.12. The number of pyridine rings is 1. The van der Waals surface area contributed by atoms with Gasteiger partial charge in [-0.1, -0.05) is 60.6 Å². The molecule has 0 N–H and O–H groups in total. The lowest BCUT2D eigenvalue weighted by Crippen LogP contribution is -2.46. The Labute approximate surface area is 159 Å². The van der Waals surface area contributed by atoms with Crippen LogP contribution in [0.5, 0.6) is 0 Å². The molecule has 0 saturated carbocycles. The minimum absolute atomic E-state index is 0.207. The molecule has 0 spiro atoms. The molecule has 5 heteroatoms. The highest BCUT2D eigenvalue weighted by Gasteiger charge is 2.19. The van der Waals surface area contributed by atoms with E-state index in [-0.39, 0.29) is 6.54 Å². The Morgan fingerprint density at radius 2 is 1.74 bits per heavy atom. The van der Waals surface area contributed by atoms with Crippen LogP contribution in [0.25, 0.3) is 22.0 Å². The first-order valence-corrected chi connectivity index (χ1v) is 9.54. The van der Waals surface area contributed by atoms with E-state index in [9.17, 15) is 4.91 Å². The van der Waals surface area contributed by atoms with Crippen molar-refractivity contribution >= 4 is 16.6 Å². The Bertz CT molecular complexity index is 931. The van der Waals surface area contributed by atoms with Gasteiger partial charge in [0.15, 0.2) is 0 Å². The summed E-state index contributed by atoms with van der Waals surface area (Å²) in [5, 5.41) is 5.37. The van der Waals surface area contributed by atoms with Crippen LogP contribution in [0.3, 0.4) is 0 Å². The number of nitrogens with zero attached hydrogens (tertiary/aromatic N) is 4. The van der Waals surface area contributed by atoms with Gasteiger partial charge in [-0.15, -0.1) is 0 Å². The summed E-state index contributed by atoms with van der Waals surface area (Å²) in [4.78, 5) is 20.4. The molecule has 1 aromatic heterocycles. The van der Waals surface area contributed by atoms with Gasteiger partial charge in [-0.3, -0.25) is 0 Å². The number of fused-ring (bicyclic) bond motifs is 1. The van der Waals surface area contributed by atoms with E-state index in [1.54, 1.807) is 0 Å². The molecule has 0 atom stereocenters. The summed E-state index contributed by atoms with van der Waals surface area (Å²) in [5.74, 6) is 1.07. The summed E-state index contributed by atoms with van der Waals surface area (Å²) in [6, 6.07) is 18.6. The maximum Gasteiger partial charge on any atom is 0.137 e. The fourth-order valence-corrected chi connectivity index (χ4v) is 3.70. The van der Waals surface area contributed by atoms with Crippen LogP contribution in [0.4, 0.5) is 5.82 Å². The molecular weight excluding hydrogens is 336 g/mol. The Hall–Kier alpha value is -2.79. The average Bonchev–Trinajstić information content (AvgIpc) is 2.74. The van der Waals surface area contributed by atoms with Crippen molar-refractivity contribution in [2.75, 3.05) is 37.6 Å². The molecular formula is C22H24N4O. The first-order chi connectivity index (χ1) is 13.3. The zero-order chi connectivity index (χ0) is 18.6. The fourth-order valence-electron chi connectivity index (χ4n) is 3.70. The van der Waals surface area contributed by atoms with Crippen molar-refractivity contribution in [3.05, 3.63) is 65.1 Å². The highest BCUT2D eigenvalue weighted by atomic mass is 16.3. The van der Waals surface area contributed by atoms with Crippen molar-refractivity contribution in [3.8, 4) is 11.3 Å². The SMILES string of the molecule is CCN1CCN(c2nc(-c3ccc(CN=O)cc3)cc3ccccc23)CC1. The summed E-state index contributed by atoms with van der Waals surface area (Å²) in [6.45, 7) is 7.67. The number of hydrogen-bond acceptors (Lipinski definition) is 5. The largest absolute Gasteiger partial charge is 0.354 e. The second-order valence-corrected chi connectivity index (χ2v) is 6.96. The first-order valence-electron chi connectivity index (χ1n) is 9.54. The van der Waals surface area contributed by atoms with Crippen LogP contribution in [-0.4, -0.2) is 42.6 Å². The van der Waals surface area contributed by atoms with Crippen LogP contribution in [0.2, 0.25) is 0 Å². The number of anilines is 1. The number of piperazine rings is 1. The van der Waals surface area contributed by atoms with Crippen LogP contribution < -0.4 is 4.90 Å². The molecule has 2 aromatic carbocycles. The summed E-state index contributed by atoms with van der Waals surface area (Å²) in [7, 11) is 0. The summed E-state index contributed by atoms with van der Waals surface area (Å²) in [5.41, 5.74) is 2.95. The summed E-state index contributed by atoms with van der Waals surface area (Å²) in [6.07, 6.45) is 0. The van der Waals surface area contributed by atoms with Gasteiger partial charge in [-0.25, -0.2) is 4.98 Å². The standard InChI is InChI=1S/C22H24N4O/c1-2-25-11-13-26(14-12-25)22-20-6-4-3-5-19(20)15-21(24-22)18-9-7-17(8-10-18)16-23-27/h3-10,15H,2,11-14,16H2,1H3. The highest BCUT2D eigenvalue weighted by Crippen LogP contribution is 2.30. The van der Waals surface area contributed by atoms with Crippen molar-refractivity contribution in [2.24, 2.45) is 5.18 Å². The zero-order valence-corrected chi connectivity index (χ0v) is 15.6. The number of nitroso groups, excluding NO2 is 1. The quantitative estimate of drug-likeness (QED) is 0.636. The van der Waals surface area contributed by atoms with Gasteiger partial charge in [-0.05, 0) is 23.6 Å². The second-order valence-electron chi connectivity index (χ2n) is 6.96. The van der Waals surface area contributed by atoms with Gasteiger partial charge in [0.05, 0.1) is 5.69 Å². The summed E-state index contributed by atoms with van der Waals surface area (Å²) >= 11 is 0. The maximum atomic E-state index is 10.5. The molecule has 0 unspecified atom stereocenters. The molecule has 3 aromatic rings. The number of rotatable bonds is 5. The van der Waals surface area contributed by atoms with E-state index >= 15 is 0 Å². The molecule has 0 radical (unpaired) electrons. The molecule has 4 rings (SSSR count). The lowest BCUT2D eigenvalue weighted by molar-refractivity contribution is 0.271. The third-order valence-electron chi connectivity index (χ3n) is 5.34. The molecule has 138 valence electrons. The van der Waals surface area contributed by atoms with Crippen molar-refractivity contribution in [2.45, 2.75) is 13.5 Å². The van der Waals surface area contributed by atoms with E-state index in [1.165, 1.54) is 10.8 Å². The van der Waals surface area contributed by atoms with Gasteiger partial charge in [0.2, 0.25) is 0 Å². The van der Waals surface area contributed by atoms with E-state index in [4.69, 9.17) is 4.98 Å². The maximum absolute atomic E-state index is 10.5. The van der Waals surface area contributed by atoms with Crippen molar-refractivity contribution in [1.82, 2.24) is 9.88 Å². The first kappa shape index (κ1) is 17.6. The minimum Gasteiger partial charge on any atom is -0.354 e. The topological polar surface area (TPSA) is 48.8 Å². The summed E-state index contributed by atoms with van der Waals surface area (Å²) < 4.78 is 0. The lowest BCUT2D eigenvalue weighted by atomic mass is 10.0. The molecule has 1 aliphatic heterocycles. The van der Waals surface area contributed by atoms with Gasteiger partial charge in [0.1, 0.15) is 12.4 Å². The van der Waals surface area contributed by atoms with Crippen LogP contribution in [0, 0.1) is 4.91 Å². The van der Waals surface area contributed by atoms with E-state index in [0.29, 0.717) is 0 Å². The van der Waals surface area contributed by atoms with Crippen LogP contribution in [0.1, 0.15) is 12.5 Å². The van der Waals surface area contributed by atoms with Crippen molar-refractivity contribution in [3.63, 3.8) is 0 Å². The zero-order valence-electron chi connectivity index (χ0n) is 15.6. The smallest absolute Gasteiger partial charge is 0.137 e. The Morgan fingerprint density at radius 3 is 2.44 bits per heavy atom. The van der Waals surface area contributed by atoms with Gasteiger partial charge in [0.25, 0.3) is 0 Å². The van der Waals surface area contributed by atoms with Crippen molar-refractivity contribution < 1.29 is 0 Å². The number of benzene rings is 2. The van der Waals surface area contributed by atoms with E-state index in [1.807, 2.05) is 24.3 Å². The van der Waals surface area contributed by atoms with Crippen LogP contribution >= 0.6 is 0 Å². The lowest BCUT2D eigenvalue weighted by Gasteiger charge is -2.35. The van der Waals surface area contributed by atoms with Gasteiger partial charge in [-0.2, -0.15) is 4.91 Å². The molecule has 2 heterocycles. The molecule has 1 saturated heterocycles. The van der Waals surface area contributed by atoms with E-state index in [0.717, 1.165) is 55.4 Å². The van der Waals surface area contributed by atoms with Crippen molar-refractivity contribution in [1.29, 1.82) is 0 Å². The third-order valence-corrected chi connectivity index (χ3v) is 5.34. The monoisotopic (exact) mass is 360 g/mol. The third kappa shape index (κ3) is 3.69. The molecule has 0 bridgehead atoms. The molecule has 27 heavy (non-hydrogen) atoms. The normalized spacial score (nSPS) is 15.2. The van der Waals surface area contributed by atoms with Gasteiger partial charge in [0, 0.05) is 37.1 Å². The second kappa shape index (κ2) is 7.84. The van der Waals surface area contributed by atoms with Gasteiger partial charge >= 0.3 is 0 Å². The predicted octanol–water partition coefficient (Wildman–Crippen LogP) is 4.31. The van der Waals surface area contributed by atoms with Crippen LogP contribution in [-0.2, 0) is 6.54 Å². The number of hydrogen-bond donors (Lipinski definition) is 0. The highest BCUT2D eigenvalue weighted by molar-refractivity contribution is 5.95. The fraction of sp³-hybridized carbons (Fsp3) is 0.318. The Balaban J connectivity index is 1.73. The van der Waals surface area contributed by atoms with E-state index < -0.39 is 0 Å². The van der Waals surface area contributed by atoms with Crippen LogP contribution in [0.15, 0.2) is 59.8 Å². The van der Waals surface area contributed by atoms with E-state index in [2.05, 4.69) is 52.2 Å². The predicted molar refractivity (Wildman–Crippen MR) is 111 cm³/mol. The molecule has 0 aliphatic carbocycles. The number of aromatic nitrogens is 1. The van der Waals surface area contributed by atoms with Gasteiger partial charge < -0.3 is 9.80 Å². The number of likely N-dealkylation sites (N-methyl/N-ethyl adjacent to an activating group) is 1. The average molecular weight is 360 g/mol. The molecule has 1 fully saturated rings. The molecule has 0 amide bonds. The molecule has 5 nitrogen and oxygen atoms in total. The minimum atomic E-state index is 0.207. The Morgan fingerprint density at radius 1 is 1.00 bits per heavy atom. The molecule has 1 aliphatic rings.